The molecule has 2 atom stereocenters. The third-order valence-corrected chi connectivity index (χ3v) is 6.50. The maximum absolute atomic E-state index is 13.7. The van der Waals surface area contributed by atoms with Crippen LogP contribution in [-0.2, 0) is 14.3 Å². The molecule has 3 rings (SSSR count). The molecule has 0 aliphatic carbocycles. The highest BCUT2D eigenvalue weighted by atomic mass is 32.2. The highest BCUT2D eigenvalue weighted by Crippen LogP contribution is 2.47. The Morgan fingerprint density at radius 2 is 1.80 bits per heavy atom. The number of fused-ring (bicyclic) bond motifs is 1. The number of rotatable bonds is 6. The molecule has 0 unspecified atom stereocenters. The van der Waals surface area contributed by atoms with Crippen LogP contribution in [0.15, 0.2) is 47.4 Å². The molecule has 160 valence electrons. The monoisotopic (exact) mass is 426 g/mol. The number of amides is 1. The van der Waals surface area contributed by atoms with Crippen molar-refractivity contribution in [2.75, 3.05) is 25.0 Å². The van der Waals surface area contributed by atoms with Crippen LogP contribution in [0.25, 0.3) is 0 Å². The number of carbonyl (C=O) groups is 2. The van der Waals surface area contributed by atoms with Gasteiger partial charge in [0.15, 0.2) is 6.10 Å². The molecule has 1 amide bonds. The average molecular weight is 427 g/mol. The molecule has 5 nitrogen and oxygen atoms in total. The molecular weight excluding hydrogens is 396 g/mol. The summed E-state index contributed by atoms with van der Waals surface area (Å²) in [6.07, 6.45) is -0.892. The predicted molar refractivity (Wildman–Crippen MR) is 122 cm³/mol. The maximum Gasteiger partial charge on any atom is 0.309 e. The minimum atomic E-state index is -0.892. The molecule has 0 saturated carbocycles. The smallest absolute Gasteiger partial charge is 0.309 e. The molecule has 2 aromatic carbocycles. The van der Waals surface area contributed by atoms with Gasteiger partial charge in [-0.25, -0.2) is 0 Å². The number of benzene rings is 2. The van der Waals surface area contributed by atoms with Gasteiger partial charge in [-0.3, -0.25) is 9.59 Å². The average Bonchev–Trinajstić information content (AvgIpc) is 2.82. The van der Waals surface area contributed by atoms with Crippen molar-refractivity contribution in [1.82, 2.24) is 5.32 Å². The molecule has 2 aromatic rings. The Bertz CT molecular complexity index is 911. The van der Waals surface area contributed by atoms with E-state index in [-0.39, 0.29) is 23.0 Å². The number of hydrogen-bond donors (Lipinski definition) is 1. The first-order chi connectivity index (χ1) is 14.3. The van der Waals surface area contributed by atoms with Gasteiger partial charge >= 0.3 is 5.97 Å². The van der Waals surface area contributed by atoms with Gasteiger partial charge in [0.1, 0.15) is 0 Å². The van der Waals surface area contributed by atoms with Crippen LogP contribution in [0.1, 0.15) is 35.8 Å². The van der Waals surface area contributed by atoms with Gasteiger partial charge in [-0.15, -0.1) is 11.8 Å². The van der Waals surface area contributed by atoms with Gasteiger partial charge in [0, 0.05) is 18.0 Å². The maximum atomic E-state index is 13.7. The molecule has 6 heteroatoms. The van der Waals surface area contributed by atoms with Crippen molar-refractivity contribution in [3.63, 3.8) is 0 Å². The molecule has 1 heterocycles. The summed E-state index contributed by atoms with van der Waals surface area (Å²) in [4.78, 5) is 29.0. The van der Waals surface area contributed by atoms with Crippen molar-refractivity contribution >= 4 is 29.3 Å². The first-order valence-corrected chi connectivity index (χ1v) is 11.2. The third kappa shape index (κ3) is 4.87. The number of likely N-dealkylation sites (N-methyl/N-ethyl adjacent to an activating group) is 1. The van der Waals surface area contributed by atoms with Crippen LogP contribution in [-0.4, -0.2) is 38.1 Å². The molecule has 0 spiro atoms. The van der Waals surface area contributed by atoms with Gasteiger partial charge in [-0.2, -0.15) is 0 Å². The van der Waals surface area contributed by atoms with E-state index in [0.29, 0.717) is 13.1 Å². The van der Waals surface area contributed by atoms with Gasteiger partial charge in [-0.05, 0) is 44.2 Å². The number of thioether (sulfide) groups is 1. The van der Waals surface area contributed by atoms with Gasteiger partial charge in [0.25, 0.3) is 5.91 Å². The van der Waals surface area contributed by atoms with Gasteiger partial charge in [0.2, 0.25) is 0 Å². The SMILES string of the molecule is CNCCN1C(=O)[C@@H](OC(=O)C(C)C)[C@@H](c2ccc(C)cc2)Sc2cc(C)ccc21. The van der Waals surface area contributed by atoms with Gasteiger partial charge < -0.3 is 15.0 Å². The number of carbonyl (C=O) groups excluding carboxylic acids is 2. The fraction of sp³-hybridized carbons (Fsp3) is 0.417. The topological polar surface area (TPSA) is 58.6 Å². The molecule has 30 heavy (non-hydrogen) atoms. The molecule has 0 bridgehead atoms. The first kappa shape index (κ1) is 22.4. The zero-order valence-corrected chi connectivity index (χ0v) is 19.1. The van der Waals surface area contributed by atoms with Crippen LogP contribution in [0.3, 0.4) is 0 Å². The Morgan fingerprint density at radius 1 is 1.13 bits per heavy atom. The second kappa shape index (κ2) is 9.67. The number of nitrogens with zero attached hydrogens (tertiary/aromatic N) is 1. The van der Waals surface area contributed by atoms with Crippen molar-refractivity contribution in [2.24, 2.45) is 5.92 Å². The predicted octanol–water partition coefficient (Wildman–Crippen LogP) is 4.27. The van der Waals surface area contributed by atoms with E-state index in [1.54, 1.807) is 30.5 Å². The summed E-state index contributed by atoms with van der Waals surface area (Å²) < 4.78 is 5.84. The molecule has 0 aromatic heterocycles. The second-order valence-electron chi connectivity index (χ2n) is 8.03. The molecule has 0 radical (unpaired) electrons. The van der Waals surface area contributed by atoms with Crippen molar-refractivity contribution in [3.05, 3.63) is 59.2 Å². The van der Waals surface area contributed by atoms with Crippen molar-refractivity contribution in [3.8, 4) is 0 Å². The van der Waals surface area contributed by atoms with Crippen LogP contribution < -0.4 is 10.2 Å². The summed E-state index contributed by atoms with van der Waals surface area (Å²) in [5.74, 6) is -0.846. The zero-order valence-electron chi connectivity index (χ0n) is 18.3. The summed E-state index contributed by atoms with van der Waals surface area (Å²) in [5, 5.41) is 2.79. The summed E-state index contributed by atoms with van der Waals surface area (Å²) in [5.41, 5.74) is 4.11. The lowest BCUT2D eigenvalue weighted by Gasteiger charge is -2.28. The van der Waals surface area contributed by atoms with Crippen LogP contribution in [0.4, 0.5) is 5.69 Å². The molecular formula is C24H30N2O3S. The minimum Gasteiger partial charge on any atom is -0.450 e. The fourth-order valence-corrected chi connectivity index (χ4v) is 4.78. The molecule has 0 saturated heterocycles. The first-order valence-electron chi connectivity index (χ1n) is 10.3. The van der Waals surface area contributed by atoms with Crippen LogP contribution in [0.5, 0.6) is 0 Å². The van der Waals surface area contributed by atoms with E-state index < -0.39 is 6.10 Å². The van der Waals surface area contributed by atoms with E-state index in [2.05, 4.69) is 11.4 Å². The highest BCUT2D eigenvalue weighted by Gasteiger charge is 2.41. The summed E-state index contributed by atoms with van der Waals surface area (Å²) in [7, 11) is 1.86. The Hall–Kier alpha value is -2.31. The van der Waals surface area contributed by atoms with E-state index in [9.17, 15) is 9.59 Å². The highest BCUT2D eigenvalue weighted by molar-refractivity contribution is 7.99. The fourth-order valence-electron chi connectivity index (χ4n) is 3.37. The second-order valence-corrected chi connectivity index (χ2v) is 9.21. The molecule has 1 aliphatic rings. The Balaban J connectivity index is 2.11. The Labute approximate surface area is 183 Å². The number of esters is 1. The number of anilines is 1. The molecule has 0 fully saturated rings. The van der Waals surface area contributed by atoms with Gasteiger partial charge in [-0.1, -0.05) is 49.7 Å². The lowest BCUT2D eigenvalue weighted by molar-refractivity contribution is -0.158. The summed E-state index contributed by atoms with van der Waals surface area (Å²) in [6.45, 7) is 8.79. The van der Waals surface area contributed by atoms with Crippen molar-refractivity contribution in [2.45, 2.75) is 43.9 Å². The van der Waals surface area contributed by atoms with E-state index >= 15 is 0 Å². The van der Waals surface area contributed by atoms with Crippen LogP contribution in [0.2, 0.25) is 0 Å². The lowest BCUT2D eigenvalue weighted by Crippen LogP contribution is -2.45. The van der Waals surface area contributed by atoms with E-state index in [1.807, 2.05) is 57.3 Å². The quantitative estimate of drug-likeness (QED) is 0.699. The van der Waals surface area contributed by atoms with Crippen molar-refractivity contribution < 1.29 is 14.3 Å². The standard InChI is InChI=1S/C24H30N2O3S/c1-15(2)24(28)29-21-22(18-9-6-16(3)7-10-18)30-20-14-17(4)8-11-19(20)26(23(21)27)13-12-25-5/h6-11,14-15,21-22,25H,12-13H2,1-5H3/t21-,22+/m0/s1. The Kier molecular flexibility index (Phi) is 7.21. The number of ether oxygens (including phenoxy) is 1. The number of nitrogens with one attached hydrogen (secondary N) is 1. The minimum absolute atomic E-state index is 0.181. The number of hydrogen-bond acceptors (Lipinski definition) is 5. The zero-order chi connectivity index (χ0) is 21.8. The normalized spacial score (nSPS) is 18.9. The number of aryl methyl sites for hydroxylation is 2. The Morgan fingerprint density at radius 3 is 2.43 bits per heavy atom. The summed E-state index contributed by atoms with van der Waals surface area (Å²) in [6, 6.07) is 14.2. The molecule has 1 aliphatic heterocycles. The van der Waals surface area contributed by atoms with E-state index in [0.717, 1.165) is 27.3 Å². The van der Waals surface area contributed by atoms with Crippen LogP contribution in [0, 0.1) is 19.8 Å². The third-order valence-electron chi connectivity index (χ3n) is 5.15. The van der Waals surface area contributed by atoms with Crippen molar-refractivity contribution in [1.29, 1.82) is 0 Å². The van der Waals surface area contributed by atoms with Crippen LogP contribution >= 0.6 is 11.8 Å². The molecule has 1 N–H and O–H groups in total. The van der Waals surface area contributed by atoms with E-state index in [1.165, 1.54) is 0 Å². The largest absolute Gasteiger partial charge is 0.450 e. The lowest BCUT2D eigenvalue weighted by atomic mass is 10.0. The summed E-state index contributed by atoms with van der Waals surface area (Å²) >= 11 is 1.59. The van der Waals surface area contributed by atoms with E-state index in [4.69, 9.17) is 4.74 Å². The van der Waals surface area contributed by atoms with Gasteiger partial charge in [0.05, 0.1) is 16.9 Å².